The lowest BCUT2D eigenvalue weighted by molar-refractivity contribution is -0.274. The Balaban J connectivity index is 2.02. The molecule has 0 saturated heterocycles. The number of pyridine rings is 1. The molecule has 0 spiro atoms. The van der Waals surface area contributed by atoms with Crippen LogP contribution in [0.2, 0.25) is 0 Å². The molecule has 0 atom stereocenters. The van der Waals surface area contributed by atoms with Gasteiger partial charge in [-0.25, -0.2) is 0 Å². The molecular weight excluding hydrogens is 461 g/mol. The number of halogens is 3. The zero-order chi connectivity index (χ0) is 23.8. The van der Waals surface area contributed by atoms with Crippen molar-refractivity contribution in [3.8, 4) is 11.5 Å². The van der Waals surface area contributed by atoms with Crippen LogP contribution in [-0.4, -0.2) is 48.7 Å². The summed E-state index contributed by atoms with van der Waals surface area (Å²) in [4.78, 5) is 36.0. The second-order valence-corrected chi connectivity index (χ2v) is 9.08. The zero-order valence-electron chi connectivity index (χ0n) is 16.0. The molecule has 32 heavy (non-hydrogen) atoms. The number of hydrogen-bond donors (Lipinski definition) is 5. The number of carboxylic acids is 1. The van der Waals surface area contributed by atoms with Gasteiger partial charge in [-0.2, -0.15) is 10.6 Å². The Morgan fingerprint density at radius 2 is 1.78 bits per heavy atom. The summed E-state index contributed by atoms with van der Waals surface area (Å²) in [5.74, 6) is -4.65. The van der Waals surface area contributed by atoms with E-state index in [0.717, 1.165) is 16.7 Å². The van der Waals surface area contributed by atoms with E-state index >= 15 is 0 Å². The number of benzene rings is 1. The van der Waals surface area contributed by atoms with Gasteiger partial charge in [0.25, 0.3) is 11.5 Å². The van der Waals surface area contributed by atoms with Crippen molar-refractivity contribution < 1.29 is 46.8 Å². The van der Waals surface area contributed by atoms with Crippen LogP contribution in [-0.2, 0) is 22.8 Å². The van der Waals surface area contributed by atoms with Crippen LogP contribution in [0.1, 0.15) is 27.2 Å². The lowest BCUT2D eigenvalue weighted by atomic mass is 10.1. The average molecular weight is 478 g/mol. The van der Waals surface area contributed by atoms with Crippen molar-refractivity contribution in [1.82, 2.24) is 9.88 Å². The van der Waals surface area contributed by atoms with Gasteiger partial charge in [-0.1, -0.05) is 12.1 Å². The Hall–Kier alpha value is -3.23. The minimum Gasteiger partial charge on any atom is -0.506 e. The van der Waals surface area contributed by atoms with Gasteiger partial charge in [0, 0.05) is 11.3 Å². The van der Waals surface area contributed by atoms with E-state index in [1.807, 2.05) is 5.32 Å². The molecule has 2 aromatic rings. The van der Waals surface area contributed by atoms with E-state index in [9.17, 15) is 41.8 Å². The minimum absolute atomic E-state index is 0.0536. The number of aromatic hydroxyl groups is 1. The van der Waals surface area contributed by atoms with Gasteiger partial charge in [-0.05, 0) is 17.7 Å². The predicted octanol–water partition coefficient (Wildman–Crippen LogP) is 2.08. The molecule has 14 heteroatoms. The highest BCUT2D eigenvalue weighted by atomic mass is 32.3. The Bertz CT molecular complexity index is 1130. The SMILES string of the molecule is O=C(O)CNC(=O)c1c(O)c2c(n(Cc3ccc(OC(F)(F)F)cc3)c1=O)CS(O)(O)C2. The van der Waals surface area contributed by atoms with Crippen LogP contribution >= 0.6 is 10.6 Å². The van der Waals surface area contributed by atoms with Crippen LogP contribution in [0, 0.1) is 0 Å². The van der Waals surface area contributed by atoms with Crippen LogP contribution in [0.5, 0.6) is 11.5 Å². The molecule has 1 aromatic heterocycles. The van der Waals surface area contributed by atoms with Gasteiger partial charge in [-0.15, -0.1) is 13.2 Å². The Morgan fingerprint density at radius 3 is 2.34 bits per heavy atom. The average Bonchev–Trinajstić information content (AvgIpc) is 2.99. The normalized spacial score (nSPS) is 15.7. The number of fused-ring (bicyclic) bond motifs is 1. The number of carboxylic acid groups (broad SMARTS) is 1. The van der Waals surface area contributed by atoms with E-state index in [-0.39, 0.29) is 23.6 Å². The molecule has 1 aliphatic rings. The molecule has 1 aromatic carbocycles. The quantitative estimate of drug-likeness (QED) is 0.422. The first-order chi connectivity index (χ1) is 14.8. The zero-order valence-corrected chi connectivity index (χ0v) is 16.9. The van der Waals surface area contributed by atoms with Crippen molar-refractivity contribution in [2.24, 2.45) is 0 Å². The maximum absolute atomic E-state index is 13.0. The summed E-state index contributed by atoms with van der Waals surface area (Å²) in [6.45, 7) is -1.10. The molecule has 0 aliphatic carbocycles. The smallest absolute Gasteiger partial charge is 0.506 e. The maximum Gasteiger partial charge on any atom is 0.573 e. The van der Waals surface area contributed by atoms with Gasteiger partial charge in [0.1, 0.15) is 23.6 Å². The third-order valence-electron chi connectivity index (χ3n) is 4.52. The van der Waals surface area contributed by atoms with Crippen molar-refractivity contribution in [3.63, 3.8) is 0 Å². The molecule has 10 nitrogen and oxygen atoms in total. The van der Waals surface area contributed by atoms with Crippen LogP contribution in [0.4, 0.5) is 13.2 Å². The third kappa shape index (κ3) is 5.15. The van der Waals surface area contributed by atoms with Crippen LogP contribution in [0.25, 0.3) is 0 Å². The number of aliphatic carboxylic acids is 1. The molecule has 0 radical (unpaired) electrons. The number of aromatic nitrogens is 1. The first-order valence-electron chi connectivity index (χ1n) is 8.83. The fourth-order valence-electron chi connectivity index (χ4n) is 3.22. The molecular formula is C18H17F3N2O8S. The predicted molar refractivity (Wildman–Crippen MR) is 105 cm³/mol. The van der Waals surface area contributed by atoms with E-state index < -0.39 is 63.7 Å². The van der Waals surface area contributed by atoms with Gasteiger partial charge in [0.15, 0.2) is 0 Å². The van der Waals surface area contributed by atoms with Crippen molar-refractivity contribution in [2.75, 3.05) is 6.54 Å². The number of alkyl halides is 3. The molecule has 0 fully saturated rings. The number of nitrogens with one attached hydrogen (secondary N) is 1. The molecule has 0 unspecified atom stereocenters. The van der Waals surface area contributed by atoms with E-state index in [0.29, 0.717) is 5.56 Å². The van der Waals surface area contributed by atoms with Gasteiger partial charge >= 0.3 is 12.3 Å². The first-order valence-corrected chi connectivity index (χ1v) is 10.7. The van der Waals surface area contributed by atoms with Crippen LogP contribution < -0.4 is 15.6 Å². The summed E-state index contributed by atoms with van der Waals surface area (Å²) in [6, 6.07) is 4.51. The van der Waals surface area contributed by atoms with Crippen molar-refractivity contribution in [2.45, 2.75) is 24.4 Å². The topological polar surface area (TPSA) is 158 Å². The maximum atomic E-state index is 13.0. The van der Waals surface area contributed by atoms with E-state index in [2.05, 4.69) is 4.74 Å². The second kappa shape index (κ2) is 8.37. The largest absolute Gasteiger partial charge is 0.573 e. The summed E-state index contributed by atoms with van der Waals surface area (Å²) in [5, 5.41) is 21.1. The summed E-state index contributed by atoms with van der Waals surface area (Å²) in [7, 11) is -3.25. The Labute approximate surface area is 179 Å². The van der Waals surface area contributed by atoms with Gasteiger partial charge in [0.2, 0.25) is 0 Å². The fraction of sp³-hybridized carbons (Fsp3) is 0.278. The number of ether oxygens (including phenoxy) is 1. The van der Waals surface area contributed by atoms with Crippen molar-refractivity contribution in [1.29, 1.82) is 0 Å². The van der Waals surface area contributed by atoms with E-state index in [1.165, 1.54) is 12.1 Å². The lowest BCUT2D eigenvalue weighted by Gasteiger charge is -2.25. The van der Waals surface area contributed by atoms with E-state index in [4.69, 9.17) is 5.11 Å². The lowest BCUT2D eigenvalue weighted by Crippen LogP contribution is -2.37. The standard InChI is InChI=1S/C18H17F3N2O8S/c19-18(20,21)31-10-3-1-9(2-4-10)6-23-12-8-32(29,30)7-11(12)15(26)14(17(23)28)16(27)22-5-13(24)25/h1-4,26,29-30H,5-8H2,(H,22,27)(H,24,25). The summed E-state index contributed by atoms with van der Waals surface area (Å²) < 4.78 is 61.9. The van der Waals surface area contributed by atoms with Gasteiger partial charge in [-0.3, -0.25) is 23.5 Å². The Morgan fingerprint density at radius 1 is 1.16 bits per heavy atom. The summed E-state index contributed by atoms with van der Waals surface area (Å²) in [5.41, 5.74) is -1.49. The number of nitrogens with zero attached hydrogens (tertiary/aromatic N) is 1. The monoisotopic (exact) mass is 478 g/mol. The molecule has 3 rings (SSSR count). The third-order valence-corrected chi connectivity index (χ3v) is 6.01. The molecule has 2 heterocycles. The highest BCUT2D eigenvalue weighted by Gasteiger charge is 2.35. The van der Waals surface area contributed by atoms with Gasteiger partial charge in [0.05, 0.1) is 18.1 Å². The van der Waals surface area contributed by atoms with Crippen LogP contribution in [0.3, 0.4) is 0 Å². The second-order valence-electron chi connectivity index (χ2n) is 6.90. The fourth-order valence-corrected chi connectivity index (χ4v) is 4.86. The molecule has 1 aliphatic heterocycles. The molecule has 0 bridgehead atoms. The highest BCUT2D eigenvalue weighted by Crippen LogP contribution is 2.54. The number of amides is 1. The van der Waals surface area contributed by atoms with E-state index in [1.54, 1.807) is 0 Å². The number of hydrogen-bond acceptors (Lipinski definition) is 7. The molecule has 5 N–H and O–H groups in total. The van der Waals surface area contributed by atoms with Gasteiger partial charge < -0.3 is 24.8 Å². The number of rotatable bonds is 6. The molecule has 0 saturated carbocycles. The first kappa shape index (κ1) is 23.4. The van der Waals surface area contributed by atoms with Crippen molar-refractivity contribution in [3.05, 3.63) is 57.0 Å². The molecule has 174 valence electrons. The summed E-state index contributed by atoms with van der Waals surface area (Å²) in [6.07, 6.45) is -4.89. The number of carbonyl (C=O) groups excluding carboxylic acids is 1. The highest BCUT2D eigenvalue weighted by molar-refractivity contribution is 8.23. The van der Waals surface area contributed by atoms with Crippen LogP contribution in [0.15, 0.2) is 29.1 Å². The molecule has 1 amide bonds. The van der Waals surface area contributed by atoms with Crippen molar-refractivity contribution >= 4 is 22.5 Å². The minimum atomic E-state index is -4.89. The Kier molecular flexibility index (Phi) is 6.13. The summed E-state index contributed by atoms with van der Waals surface area (Å²) >= 11 is 0. The number of carbonyl (C=O) groups is 2.